The molecule has 1 rings (SSSR count). The summed E-state index contributed by atoms with van der Waals surface area (Å²) in [6.07, 6.45) is -1.37. The van der Waals surface area contributed by atoms with Crippen LogP contribution in [0.4, 0.5) is 0 Å². The molecule has 1 unspecified atom stereocenters. The highest BCUT2D eigenvalue weighted by Crippen LogP contribution is 2.15. The monoisotopic (exact) mass is 300 g/mol. The van der Waals surface area contributed by atoms with Crippen LogP contribution in [-0.2, 0) is 4.79 Å². The second kappa shape index (κ2) is 5.79. The van der Waals surface area contributed by atoms with Gasteiger partial charge in [-0.2, -0.15) is 0 Å². The van der Waals surface area contributed by atoms with Crippen LogP contribution in [0.3, 0.4) is 0 Å². The van der Waals surface area contributed by atoms with E-state index in [1.54, 1.807) is 12.1 Å². The number of aryl methyl sites for hydroxylation is 1. The van der Waals surface area contributed by atoms with Crippen LogP contribution in [0.1, 0.15) is 15.9 Å². The third-order valence-corrected chi connectivity index (χ3v) is 2.55. The van der Waals surface area contributed by atoms with Gasteiger partial charge < -0.3 is 16.2 Å². The Labute approximate surface area is 107 Å². The number of aliphatic hydroxyl groups excluding tert-OH is 1. The summed E-state index contributed by atoms with van der Waals surface area (Å²) < 4.78 is 0.790. The van der Waals surface area contributed by atoms with Crippen LogP contribution in [0.25, 0.3) is 0 Å². The van der Waals surface area contributed by atoms with Crippen LogP contribution in [-0.4, -0.2) is 29.6 Å². The smallest absolute Gasteiger partial charge is 0.251 e. The molecule has 0 aliphatic rings. The van der Waals surface area contributed by atoms with Gasteiger partial charge >= 0.3 is 0 Å². The molecule has 92 valence electrons. The number of hydrogen-bond donors (Lipinski definition) is 3. The van der Waals surface area contributed by atoms with Gasteiger partial charge in [-0.3, -0.25) is 9.59 Å². The summed E-state index contributed by atoms with van der Waals surface area (Å²) in [5, 5.41) is 11.6. The first-order valence-corrected chi connectivity index (χ1v) is 5.72. The Kier molecular flexibility index (Phi) is 4.65. The Bertz CT molecular complexity index is 428. The average Bonchev–Trinajstić information content (AvgIpc) is 2.23. The summed E-state index contributed by atoms with van der Waals surface area (Å²) in [5.41, 5.74) is 6.24. The lowest BCUT2D eigenvalue weighted by Crippen LogP contribution is -2.39. The molecule has 0 radical (unpaired) electrons. The van der Waals surface area contributed by atoms with Crippen LogP contribution >= 0.6 is 15.9 Å². The van der Waals surface area contributed by atoms with Gasteiger partial charge in [-0.25, -0.2) is 0 Å². The molecular weight excluding hydrogens is 288 g/mol. The van der Waals surface area contributed by atoms with Crippen molar-refractivity contribution in [3.8, 4) is 0 Å². The molecule has 17 heavy (non-hydrogen) atoms. The Hall–Kier alpha value is -1.40. The van der Waals surface area contributed by atoms with Gasteiger partial charge in [-0.05, 0) is 30.7 Å². The highest BCUT2D eigenvalue weighted by Gasteiger charge is 2.13. The largest absolute Gasteiger partial charge is 0.381 e. The van der Waals surface area contributed by atoms with Crippen molar-refractivity contribution < 1.29 is 14.7 Å². The number of benzene rings is 1. The predicted octanol–water partition coefficient (Wildman–Crippen LogP) is 0.334. The first kappa shape index (κ1) is 13.7. The first-order chi connectivity index (χ1) is 7.90. The van der Waals surface area contributed by atoms with Crippen molar-refractivity contribution in [2.45, 2.75) is 13.0 Å². The molecule has 0 aromatic heterocycles. The molecule has 0 saturated carbocycles. The van der Waals surface area contributed by atoms with E-state index in [0.717, 1.165) is 10.0 Å². The van der Waals surface area contributed by atoms with Gasteiger partial charge in [-0.15, -0.1) is 0 Å². The van der Waals surface area contributed by atoms with E-state index in [1.165, 1.54) is 0 Å². The fourth-order valence-corrected chi connectivity index (χ4v) is 1.87. The maximum absolute atomic E-state index is 11.7. The molecular formula is C11H13BrN2O3. The summed E-state index contributed by atoms with van der Waals surface area (Å²) in [6, 6.07) is 5.23. The van der Waals surface area contributed by atoms with Gasteiger partial charge in [0.05, 0.1) is 6.54 Å². The number of hydrogen-bond acceptors (Lipinski definition) is 3. The number of carbonyl (C=O) groups is 2. The second-order valence-electron chi connectivity index (χ2n) is 3.65. The highest BCUT2D eigenvalue weighted by atomic mass is 79.9. The molecule has 1 aromatic carbocycles. The Morgan fingerprint density at radius 1 is 1.47 bits per heavy atom. The van der Waals surface area contributed by atoms with Gasteiger partial charge in [0.25, 0.3) is 5.91 Å². The van der Waals surface area contributed by atoms with Gasteiger partial charge in [0.2, 0.25) is 5.91 Å². The Balaban J connectivity index is 2.67. The zero-order chi connectivity index (χ0) is 13.0. The normalized spacial score (nSPS) is 11.9. The van der Waals surface area contributed by atoms with Crippen LogP contribution in [0, 0.1) is 6.92 Å². The Morgan fingerprint density at radius 3 is 2.65 bits per heavy atom. The minimum atomic E-state index is -1.37. The fourth-order valence-electron chi connectivity index (χ4n) is 1.26. The standard InChI is InChI=1S/C11H13BrN2O3/c1-6-2-7(4-8(12)3-6)11(17)14-5-9(15)10(13)16/h2-4,9,15H,5H2,1H3,(H2,13,16)(H,14,17). The van der Waals surface area contributed by atoms with E-state index < -0.39 is 12.0 Å². The third kappa shape index (κ3) is 4.16. The van der Waals surface area contributed by atoms with Crippen molar-refractivity contribution in [3.05, 3.63) is 33.8 Å². The fraction of sp³-hybridized carbons (Fsp3) is 0.273. The summed E-state index contributed by atoms with van der Waals surface area (Å²) in [5.74, 6) is -1.23. The number of amides is 2. The molecule has 0 fully saturated rings. The molecule has 1 aromatic rings. The number of primary amides is 1. The van der Waals surface area contributed by atoms with Crippen LogP contribution in [0.5, 0.6) is 0 Å². The maximum atomic E-state index is 11.7. The van der Waals surface area contributed by atoms with Gasteiger partial charge in [0, 0.05) is 10.0 Å². The maximum Gasteiger partial charge on any atom is 0.251 e. The lowest BCUT2D eigenvalue weighted by molar-refractivity contribution is -0.125. The summed E-state index contributed by atoms with van der Waals surface area (Å²) in [4.78, 5) is 22.3. The molecule has 0 aliphatic heterocycles. The van der Waals surface area contributed by atoms with Crippen LogP contribution in [0.2, 0.25) is 0 Å². The molecule has 2 amide bonds. The van der Waals surface area contributed by atoms with E-state index in [9.17, 15) is 9.59 Å². The van der Waals surface area contributed by atoms with Gasteiger partial charge in [-0.1, -0.05) is 15.9 Å². The van der Waals surface area contributed by atoms with Crippen molar-refractivity contribution in [1.29, 1.82) is 0 Å². The molecule has 4 N–H and O–H groups in total. The summed E-state index contributed by atoms with van der Waals surface area (Å²) >= 11 is 3.28. The van der Waals surface area contributed by atoms with Gasteiger partial charge in [0.1, 0.15) is 6.10 Å². The Morgan fingerprint density at radius 2 is 2.12 bits per heavy atom. The highest BCUT2D eigenvalue weighted by molar-refractivity contribution is 9.10. The van der Waals surface area contributed by atoms with Crippen LogP contribution in [0.15, 0.2) is 22.7 Å². The van der Waals surface area contributed by atoms with E-state index in [4.69, 9.17) is 10.8 Å². The van der Waals surface area contributed by atoms with Crippen LogP contribution < -0.4 is 11.1 Å². The third-order valence-electron chi connectivity index (χ3n) is 2.09. The zero-order valence-corrected chi connectivity index (χ0v) is 10.8. The average molecular weight is 301 g/mol. The number of nitrogens with two attached hydrogens (primary N) is 1. The SMILES string of the molecule is Cc1cc(Br)cc(C(=O)NCC(O)C(N)=O)c1. The van der Waals surface area contributed by atoms with Crippen molar-refractivity contribution in [3.63, 3.8) is 0 Å². The molecule has 0 heterocycles. The van der Waals surface area contributed by atoms with Crippen molar-refractivity contribution in [2.24, 2.45) is 5.73 Å². The minimum Gasteiger partial charge on any atom is -0.381 e. The summed E-state index contributed by atoms with van der Waals surface area (Å²) in [7, 11) is 0. The lowest BCUT2D eigenvalue weighted by atomic mass is 10.1. The minimum absolute atomic E-state index is 0.195. The van der Waals surface area contributed by atoms with Crippen molar-refractivity contribution in [1.82, 2.24) is 5.32 Å². The van der Waals surface area contributed by atoms with E-state index >= 15 is 0 Å². The molecule has 6 heteroatoms. The van der Waals surface area contributed by atoms with E-state index in [0.29, 0.717) is 5.56 Å². The molecule has 0 saturated heterocycles. The number of nitrogens with one attached hydrogen (secondary N) is 1. The quantitative estimate of drug-likeness (QED) is 0.748. The summed E-state index contributed by atoms with van der Waals surface area (Å²) in [6.45, 7) is 1.67. The zero-order valence-electron chi connectivity index (χ0n) is 9.24. The van der Waals surface area contributed by atoms with Crippen molar-refractivity contribution >= 4 is 27.7 Å². The first-order valence-electron chi connectivity index (χ1n) is 4.93. The molecule has 5 nitrogen and oxygen atoms in total. The number of carbonyl (C=O) groups excluding carboxylic acids is 2. The van der Waals surface area contributed by atoms with Crippen molar-refractivity contribution in [2.75, 3.05) is 6.54 Å². The molecule has 0 bridgehead atoms. The van der Waals surface area contributed by atoms with E-state index in [2.05, 4.69) is 21.2 Å². The lowest BCUT2D eigenvalue weighted by Gasteiger charge is -2.09. The molecule has 0 aliphatic carbocycles. The van der Waals surface area contributed by atoms with E-state index in [1.807, 2.05) is 13.0 Å². The second-order valence-corrected chi connectivity index (χ2v) is 4.56. The number of halogens is 1. The molecule has 0 spiro atoms. The number of aliphatic hydroxyl groups is 1. The molecule has 1 atom stereocenters. The predicted molar refractivity (Wildman–Crippen MR) is 66.4 cm³/mol. The number of rotatable bonds is 4. The van der Waals surface area contributed by atoms with Gasteiger partial charge in [0.15, 0.2) is 0 Å². The topological polar surface area (TPSA) is 92.4 Å². The van der Waals surface area contributed by atoms with E-state index in [-0.39, 0.29) is 12.5 Å².